The van der Waals surface area contributed by atoms with Crippen molar-refractivity contribution in [2.75, 3.05) is 32.7 Å². The lowest BCUT2D eigenvalue weighted by atomic mass is 9.76. The molecule has 1 saturated carbocycles. The summed E-state index contributed by atoms with van der Waals surface area (Å²) in [4.78, 5) is 47.0. The summed E-state index contributed by atoms with van der Waals surface area (Å²) >= 11 is 0. The van der Waals surface area contributed by atoms with Crippen LogP contribution in [0.5, 0.6) is 0 Å². The molecule has 3 heterocycles. The fourth-order valence-corrected chi connectivity index (χ4v) is 7.25. The summed E-state index contributed by atoms with van der Waals surface area (Å²) in [5, 5.41) is 3.58. The van der Waals surface area contributed by atoms with Crippen LogP contribution in [0.1, 0.15) is 78.2 Å². The van der Waals surface area contributed by atoms with E-state index < -0.39 is 5.54 Å². The van der Waals surface area contributed by atoms with Gasteiger partial charge >= 0.3 is 6.03 Å². The molecule has 1 aromatic rings. The first-order chi connectivity index (χ1) is 18.0. The number of urea groups is 1. The highest BCUT2D eigenvalue weighted by molar-refractivity contribution is 6.07. The first-order valence-corrected chi connectivity index (χ1v) is 14.7. The summed E-state index contributed by atoms with van der Waals surface area (Å²) in [5.41, 5.74) is 0.413. The van der Waals surface area contributed by atoms with Crippen molar-refractivity contribution < 1.29 is 14.4 Å². The van der Waals surface area contributed by atoms with E-state index in [0.717, 1.165) is 25.9 Å². The second-order valence-electron chi connectivity index (χ2n) is 13.7. The van der Waals surface area contributed by atoms with E-state index in [1.165, 1.54) is 5.56 Å². The molecule has 7 heteroatoms. The quantitative estimate of drug-likeness (QED) is 0.516. The molecule has 7 nitrogen and oxygen atoms in total. The number of piperidine rings is 1. The highest BCUT2D eigenvalue weighted by Gasteiger charge is 2.60. The van der Waals surface area contributed by atoms with Crippen LogP contribution in [0, 0.1) is 17.3 Å². The number of ketones is 1. The maximum Gasteiger partial charge on any atom is 0.327 e. The number of amides is 3. The van der Waals surface area contributed by atoms with Crippen molar-refractivity contribution in [2.45, 2.75) is 90.3 Å². The molecule has 1 N–H and O–H groups in total. The molecular weight excluding hydrogens is 476 g/mol. The van der Waals surface area contributed by atoms with Crippen LogP contribution in [-0.4, -0.2) is 82.8 Å². The molecule has 3 atom stereocenters. The number of imide groups is 1. The molecule has 0 bridgehead atoms. The van der Waals surface area contributed by atoms with Crippen molar-refractivity contribution in [1.29, 1.82) is 0 Å². The van der Waals surface area contributed by atoms with E-state index in [2.05, 4.69) is 55.3 Å². The minimum atomic E-state index is -0.777. The van der Waals surface area contributed by atoms with E-state index in [0.29, 0.717) is 50.6 Å². The molecule has 5 rings (SSSR count). The molecule has 3 aliphatic heterocycles. The fraction of sp³-hybridized carbons (Fsp3) is 0.710. The number of hydrogen-bond acceptors (Lipinski definition) is 5. The SMILES string of the molecule is CC(C)N1C(=O)N(CC2CC2)C(=O)C12CCN(C(C(=O)CC(C)(C)C)[C@@H]1CNC[C@@H]1c1ccccc1)CC2. The first-order valence-electron chi connectivity index (χ1n) is 14.7. The van der Waals surface area contributed by atoms with Gasteiger partial charge < -0.3 is 10.2 Å². The van der Waals surface area contributed by atoms with E-state index >= 15 is 0 Å². The molecule has 4 aliphatic rings. The van der Waals surface area contributed by atoms with Crippen LogP contribution in [0.15, 0.2) is 30.3 Å². The molecule has 38 heavy (non-hydrogen) atoms. The second-order valence-corrected chi connectivity index (χ2v) is 13.7. The number of nitrogens with one attached hydrogen (secondary N) is 1. The molecule has 1 aromatic carbocycles. The number of likely N-dealkylation sites (tertiary alicyclic amines) is 1. The monoisotopic (exact) mass is 522 g/mol. The largest absolute Gasteiger partial charge is 0.327 e. The Balaban J connectivity index is 1.40. The maximum absolute atomic E-state index is 14.0. The minimum absolute atomic E-state index is 0.00925. The average molecular weight is 523 g/mol. The van der Waals surface area contributed by atoms with Crippen LogP contribution in [-0.2, 0) is 9.59 Å². The maximum atomic E-state index is 14.0. The van der Waals surface area contributed by atoms with Gasteiger partial charge in [0.1, 0.15) is 5.54 Å². The van der Waals surface area contributed by atoms with Crippen molar-refractivity contribution in [3.05, 3.63) is 35.9 Å². The summed E-state index contributed by atoms with van der Waals surface area (Å²) in [6.45, 7) is 14.0. The normalized spacial score (nSPS) is 27.1. The lowest BCUT2D eigenvalue weighted by Crippen LogP contribution is -2.61. The Hall–Kier alpha value is -2.25. The second kappa shape index (κ2) is 10.4. The van der Waals surface area contributed by atoms with Gasteiger partial charge in [-0.15, -0.1) is 0 Å². The molecule has 1 spiro atoms. The topological polar surface area (TPSA) is 73.0 Å². The van der Waals surface area contributed by atoms with E-state index in [4.69, 9.17) is 0 Å². The number of rotatable bonds is 8. The summed E-state index contributed by atoms with van der Waals surface area (Å²) in [6.07, 6.45) is 3.92. The third-order valence-electron chi connectivity index (χ3n) is 9.14. The summed E-state index contributed by atoms with van der Waals surface area (Å²) < 4.78 is 0. The van der Waals surface area contributed by atoms with Crippen LogP contribution in [0.25, 0.3) is 0 Å². The number of benzene rings is 1. The van der Waals surface area contributed by atoms with Crippen molar-refractivity contribution in [2.24, 2.45) is 17.3 Å². The van der Waals surface area contributed by atoms with E-state index in [1.807, 2.05) is 24.8 Å². The minimum Gasteiger partial charge on any atom is -0.316 e. The molecule has 0 radical (unpaired) electrons. The van der Waals surface area contributed by atoms with Crippen LogP contribution < -0.4 is 5.32 Å². The zero-order valence-electron chi connectivity index (χ0n) is 23.9. The van der Waals surface area contributed by atoms with Gasteiger partial charge in [0.2, 0.25) is 0 Å². The van der Waals surface area contributed by atoms with Gasteiger partial charge in [0.25, 0.3) is 5.91 Å². The average Bonchev–Trinajstić information content (AvgIpc) is 3.52. The van der Waals surface area contributed by atoms with Gasteiger partial charge in [-0.1, -0.05) is 51.1 Å². The standard InChI is InChI=1S/C31H46N4O3/c1-21(2)35-29(38)34(20-22-11-12-22)28(37)31(35)13-15-33(16-14-31)27(26(36)17-30(3,4)5)25-19-32-18-24(25)23-9-7-6-8-10-23/h6-10,21-22,24-25,27,32H,11-20H2,1-5H3/t24-,25-,27?/m1/s1. The number of hydrogen-bond donors (Lipinski definition) is 1. The van der Waals surface area contributed by atoms with E-state index in [1.54, 1.807) is 4.90 Å². The van der Waals surface area contributed by atoms with E-state index in [9.17, 15) is 14.4 Å². The zero-order valence-corrected chi connectivity index (χ0v) is 23.9. The Morgan fingerprint density at radius 3 is 2.29 bits per heavy atom. The van der Waals surface area contributed by atoms with Crippen molar-refractivity contribution >= 4 is 17.7 Å². The lowest BCUT2D eigenvalue weighted by molar-refractivity contribution is -0.138. The van der Waals surface area contributed by atoms with Gasteiger partial charge in [0.15, 0.2) is 5.78 Å². The molecule has 3 saturated heterocycles. The number of nitrogens with zero attached hydrogens (tertiary/aromatic N) is 3. The molecule has 4 fully saturated rings. The number of carbonyl (C=O) groups is 3. The van der Waals surface area contributed by atoms with Gasteiger partial charge in [-0.05, 0) is 56.4 Å². The Bertz CT molecular complexity index is 1040. The zero-order chi connectivity index (χ0) is 27.2. The van der Waals surface area contributed by atoms with Gasteiger partial charge in [-0.25, -0.2) is 4.79 Å². The summed E-state index contributed by atoms with van der Waals surface area (Å²) in [7, 11) is 0. The van der Waals surface area contributed by atoms with Crippen LogP contribution >= 0.6 is 0 Å². The summed E-state index contributed by atoms with van der Waals surface area (Å²) in [5.74, 6) is 1.21. The molecule has 208 valence electrons. The molecule has 1 aliphatic carbocycles. The number of carbonyl (C=O) groups excluding carboxylic acids is 3. The Labute approximate surface area is 228 Å². The Morgan fingerprint density at radius 1 is 1.05 bits per heavy atom. The van der Waals surface area contributed by atoms with Gasteiger partial charge in [0, 0.05) is 57.0 Å². The van der Waals surface area contributed by atoms with Gasteiger partial charge in [0.05, 0.1) is 6.04 Å². The Morgan fingerprint density at radius 2 is 1.71 bits per heavy atom. The summed E-state index contributed by atoms with van der Waals surface area (Å²) in [6, 6.07) is 10.2. The molecule has 1 unspecified atom stereocenters. The molecular formula is C31H46N4O3. The molecule has 3 amide bonds. The predicted molar refractivity (Wildman–Crippen MR) is 149 cm³/mol. The van der Waals surface area contributed by atoms with Gasteiger partial charge in [-0.3, -0.25) is 19.4 Å². The van der Waals surface area contributed by atoms with Crippen LogP contribution in [0.3, 0.4) is 0 Å². The third kappa shape index (κ3) is 5.16. The Kier molecular flexibility index (Phi) is 7.46. The van der Waals surface area contributed by atoms with Crippen molar-refractivity contribution in [1.82, 2.24) is 20.0 Å². The highest BCUT2D eigenvalue weighted by atomic mass is 16.2. The highest BCUT2D eigenvalue weighted by Crippen LogP contribution is 2.43. The van der Waals surface area contributed by atoms with Crippen LogP contribution in [0.2, 0.25) is 0 Å². The number of Topliss-reactive ketones (excluding diaryl/α,β-unsaturated/α-hetero) is 1. The predicted octanol–water partition coefficient (Wildman–Crippen LogP) is 4.28. The van der Waals surface area contributed by atoms with Gasteiger partial charge in [-0.2, -0.15) is 0 Å². The van der Waals surface area contributed by atoms with E-state index in [-0.39, 0.29) is 41.3 Å². The van der Waals surface area contributed by atoms with Crippen LogP contribution in [0.4, 0.5) is 4.79 Å². The van der Waals surface area contributed by atoms with Crippen molar-refractivity contribution in [3.8, 4) is 0 Å². The third-order valence-corrected chi connectivity index (χ3v) is 9.14. The first kappa shape index (κ1) is 27.3. The molecule has 0 aromatic heterocycles. The smallest absolute Gasteiger partial charge is 0.316 e. The van der Waals surface area contributed by atoms with Crippen molar-refractivity contribution in [3.63, 3.8) is 0 Å². The lowest BCUT2D eigenvalue weighted by Gasteiger charge is -2.47. The fourth-order valence-electron chi connectivity index (χ4n) is 7.25.